The molecule has 0 spiro atoms. The van der Waals surface area contributed by atoms with Gasteiger partial charge in [0.2, 0.25) is 10.0 Å². The van der Waals surface area contributed by atoms with Crippen molar-refractivity contribution in [1.82, 2.24) is 4.31 Å². The Labute approximate surface area is 125 Å². The largest absolute Gasteiger partial charge is 0.478 e. The number of carbonyl (C=O) groups is 1. The van der Waals surface area contributed by atoms with Gasteiger partial charge in [0.15, 0.2) is 0 Å². The average Bonchev–Trinajstić information content (AvgIpc) is 2.33. The Morgan fingerprint density at radius 1 is 1.38 bits per heavy atom. The molecule has 21 heavy (non-hydrogen) atoms. The first-order chi connectivity index (χ1) is 9.53. The van der Waals surface area contributed by atoms with E-state index in [0.717, 1.165) is 11.1 Å². The molecule has 0 radical (unpaired) electrons. The number of benzene rings is 1. The lowest BCUT2D eigenvalue weighted by molar-refractivity contribution is 0.0693. The van der Waals surface area contributed by atoms with E-state index in [1.54, 1.807) is 19.2 Å². The van der Waals surface area contributed by atoms with Crippen LogP contribution in [0, 0.1) is 5.41 Å². The van der Waals surface area contributed by atoms with Crippen molar-refractivity contribution >= 4 is 16.0 Å². The number of rotatable bonds is 3. The molecule has 0 saturated carbocycles. The summed E-state index contributed by atoms with van der Waals surface area (Å²) in [5.74, 6) is -0.967. The summed E-state index contributed by atoms with van der Waals surface area (Å²) in [6.45, 7) is 4.08. The van der Waals surface area contributed by atoms with Gasteiger partial charge in [0.1, 0.15) is 0 Å². The number of aromatic carboxylic acids is 1. The zero-order valence-electron chi connectivity index (χ0n) is 12.8. The molecule has 1 atom stereocenters. The minimum absolute atomic E-state index is 0.151. The third kappa shape index (κ3) is 3.11. The predicted molar refractivity (Wildman–Crippen MR) is 80.9 cm³/mol. The van der Waals surface area contributed by atoms with E-state index in [0.29, 0.717) is 12.8 Å². The molecule has 0 aromatic heterocycles. The number of nitrogens with zero attached hydrogens (tertiary/aromatic N) is 1. The minimum atomic E-state index is -3.34. The maximum atomic E-state index is 11.9. The van der Waals surface area contributed by atoms with Crippen LogP contribution in [-0.4, -0.2) is 37.1 Å². The summed E-state index contributed by atoms with van der Waals surface area (Å²) in [4.78, 5) is 11.4. The highest BCUT2D eigenvalue weighted by Gasteiger charge is 2.38. The zero-order valence-corrected chi connectivity index (χ0v) is 13.6. The van der Waals surface area contributed by atoms with Crippen molar-refractivity contribution in [2.24, 2.45) is 5.41 Å². The molecule has 1 aliphatic rings. The van der Waals surface area contributed by atoms with E-state index in [-0.39, 0.29) is 17.0 Å². The van der Waals surface area contributed by atoms with Gasteiger partial charge in [0.05, 0.1) is 17.9 Å². The van der Waals surface area contributed by atoms with Crippen LogP contribution in [-0.2, 0) is 16.4 Å². The topological polar surface area (TPSA) is 74.7 Å². The van der Waals surface area contributed by atoms with Crippen LogP contribution in [0.2, 0.25) is 0 Å². The highest BCUT2D eigenvalue weighted by molar-refractivity contribution is 7.88. The van der Waals surface area contributed by atoms with Gasteiger partial charge in [-0.1, -0.05) is 26.0 Å². The predicted octanol–water partition coefficient (Wildman–Crippen LogP) is 2.29. The van der Waals surface area contributed by atoms with Gasteiger partial charge in [-0.05, 0) is 35.4 Å². The first-order valence-corrected chi connectivity index (χ1v) is 8.66. The van der Waals surface area contributed by atoms with Gasteiger partial charge in [0.25, 0.3) is 0 Å². The van der Waals surface area contributed by atoms with Crippen LogP contribution in [0.4, 0.5) is 0 Å². The lowest BCUT2D eigenvalue weighted by atomic mass is 9.71. The Morgan fingerprint density at radius 3 is 2.52 bits per heavy atom. The fraction of sp³-hybridized carbons (Fsp3) is 0.533. The smallest absolute Gasteiger partial charge is 0.335 e. The van der Waals surface area contributed by atoms with Gasteiger partial charge in [0, 0.05) is 7.05 Å². The molecule has 1 aromatic carbocycles. The van der Waals surface area contributed by atoms with Crippen LogP contribution in [0.1, 0.15) is 47.8 Å². The van der Waals surface area contributed by atoms with Crippen LogP contribution in [0.5, 0.6) is 0 Å². The number of carboxylic acids is 1. The fourth-order valence-electron chi connectivity index (χ4n) is 3.05. The number of fused-ring (bicyclic) bond motifs is 1. The van der Waals surface area contributed by atoms with Gasteiger partial charge in [-0.2, -0.15) is 4.31 Å². The van der Waals surface area contributed by atoms with E-state index in [1.165, 1.54) is 10.6 Å². The van der Waals surface area contributed by atoms with Crippen molar-refractivity contribution in [3.05, 3.63) is 34.9 Å². The minimum Gasteiger partial charge on any atom is -0.478 e. The van der Waals surface area contributed by atoms with Gasteiger partial charge in [-0.25, -0.2) is 13.2 Å². The molecule has 5 nitrogen and oxygen atoms in total. The maximum absolute atomic E-state index is 11.9. The van der Waals surface area contributed by atoms with Crippen LogP contribution >= 0.6 is 0 Å². The fourth-order valence-corrected chi connectivity index (χ4v) is 3.70. The third-order valence-corrected chi connectivity index (χ3v) is 5.47. The van der Waals surface area contributed by atoms with E-state index in [9.17, 15) is 18.3 Å². The summed E-state index contributed by atoms with van der Waals surface area (Å²) in [6.07, 6.45) is 2.49. The second kappa shape index (κ2) is 5.10. The lowest BCUT2D eigenvalue weighted by Gasteiger charge is -2.40. The third-order valence-electron chi connectivity index (χ3n) is 4.16. The molecule has 1 aromatic rings. The van der Waals surface area contributed by atoms with E-state index in [4.69, 9.17) is 0 Å². The molecular weight excluding hydrogens is 290 g/mol. The van der Waals surface area contributed by atoms with Crippen LogP contribution in [0.15, 0.2) is 18.2 Å². The Bertz CT molecular complexity index is 679. The number of hydrogen-bond donors (Lipinski definition) is 1. The van der Waals surface area contributed by atoms with Crippen LogP contribution in [0.25, 0.3) is 0 Å². The molecule has 116 valence electrons. The zero-order chi connectivity index (χ0) is 16.0. The standard InChI is InChI=1S/C15H21NO4S/c1-15(2)8-12-10(6-5-7-11(12)14(17)18)13(9-15)16(3)21(4,19)20/h5-7,13H,8-9H2,1-4H3,(H,17,18). The lowest BCUT2D eigenvalue weighted by Crippen LogP contribution is -2.38. The van der Waals surface area contributed by atoms with E-state index in [2.05, 4.69) is 0 Å². The molecule has 1 N–H and O–H groups in total. The Hall–Kier alpha value is -1.40. The molecule has 0 bridgehead atoms. The van der Waals surface area contributed by atoms with Crippen molar-refractivity contribution in [1.29, 1.82) is 0 Å². The highest BCUT2D eigenvalue weighted by atomic mass is 32.2. The maximum Gasteiger partial charge on any atom is 0.335 e. The summed E-state index contributed by atoms with van der Waals surface area (Å²) in [5.41, 5.74) is 1.68. The monoisotopic (exact) mass is 311 g/mol. The molecule has 0 amide bonds. The Kier molecular flexibility index (Phi) is 3.88. The first kappa shape index (κ1) is 16.0. The average molecular weight is 311 g/mol. The normalized spacial score (nSPS) is 21.1. The molecule has 1 aliphatic carbocycles. The highest BCUT2D eigenvalue weighted by Crippen LogP contribution is 2.44. The first-order valence-electron chi connectivity index (χ1n) is 6.81. The SMILES string of the molecule is CN(C1CC(C)(C)Cc2c(C(=O)O)cccc21)S(C)(=O)=O. The second-order valence-corrected chi connectivity index (χ2v) is 8.56. The number of hydrogen-bond acceptors (Lipinski definition) is 3. The Morgan fingerprint density at radius 2 is 2.00 bits per heavy atom. The van der Waals surface area contributed by atoms with Crippen LogP contribution in [0.3, 0.4) is 0 Å². The molecule has 6 heteroatoms. The van der Waals surface area contributed by atoms with Gasteiger partial charge < -0.3 is 5.11 Å². The number of sulfonamides is 1. The van der Waals surface area contributed by atoms with E-state index < -0.39 is 16.0 Å². The molecular formula is C15H21NO4S. The van der Waals surface area contributed by atoms with Crippen molar-refractivity contribution in [2.75, 3.05) is 13.3 Å². The van der Waals surface area contributed by atoms with Crippen LogP contribution < -0.4 is 0 Å². The quantitative estimate of drug-likeness (QED) is 0.929. The van der Waals surface area contributed by atoms with Crippen molar-refractivity contribution in [3.63, 3.8) is 0 Å². The van der Waals surface area contributed by atoms with Crippen molar-refractivity contribution in [2.45, 2.75) is 32.7 Å². The molecule has 1 unspecified atom stereocenters. The molecule has 0 aliphatic heterocycles. The van der Waals surface area contributed by atoms with Crippen molar-refractivity contribution < 1.29 is 18.3 Å². The Balaban J connectivity index is 2.63. The summed E-state index contributed by atoms with van der Waals surface area (Å²) in [5, 5.41) is 9.36. The summed E-state index contributed by atoms with van der Waals surface area (Å²) >= 11 is 0. The summed E-state index contributed by atoms with van der Waals surface area (Å²) in [7, 11) is -1.79. The van der Waals surface area contributed by atoms with Gasteiger partial charge in [-0.15, -0.1) is 0 Å². The molecule has 2 rings (SSSR count). The van der Waals surface area contributed by atoms with E-state index >= 15 is 0 Å². The molecule has 0 fully saturated rings. The number of carboxylic acid groups (broad SMARTS) is 1. The van der Waals surface area contributed by atoms with Gasteiger partial charge >= 0.3 is 5.97 Å². The van der Waals surface area contributed by atoms with E-state index in [1.807, 2.05) is 19.9 Å². The molecule has 0 saturated heterocycles. The van der Waals surface area contributed by atoms with Gasteiger partial charge in [-0.3, -0.25) is 0 Å². The summed E-state index contributed by atoms with van der Waals surface area (Å²) in [6, 6.07) is 4.78. The summed E-state index contributed by atoms with van der Waals surface area (Å²) < 4.78 is 25.1. The molecule has 0 heterocycles. The second-order valence-electron chi connectivity index (χ2n) is 6.52. The van der Waals surface area contributed by atoms with Crippen molar-refractivity contribution in [3.8, 4) is 0 Å².